The molecule has 7 heteroatoms. The normalized spacial score (nSPS) is 15.1. The summed E-state index contributed by atoms with van der Waals surface area (Å²) in [6, 6.07) is 21.5. The maximum Gasteiger partial charge on any atom is 0.322 e. The van der Waals surface area contributed by atoms with Gasteiger partial charge in [0.1, 0.15) is 6.54 Å². The number of rotatable bonds is 10. The Labute approximate surface area is 211 Å². The molecule has 3 aromatic rings. The molecule has 6 nitrogen and oxygen atoms in total. The number of ether oxygens (including phenoxy) is 1. The van der Waals surface area contributed by atoms with Crippen LogP contribution in [0.15, 0.2) is 72.1 Å². The quantitative estimate of drug-likeness (QED) is 0.404. The van der Waals surface area contributed by atoms with Crippen LogP contribution < -0.4 is 5.32 Å². The predicted octanol–water partition coefficient (Wildman–Crippen LogP) is 5.55. The average molecular weight is 492 g/mol. The lowest BCUT2D eigenvalue weighted by Crippen LogP contribution is -2.46. The van der Waals surface area contributed by atoms with E-state index in [2.05, 4.69) is 12.2 Å². The summed E-state index contributed by atoms with van der Waals surface area (Å²) in [4.78, 5) is 31.4. The molecule has 1 atom stereocenters. The van der Waals surface area contributed by atoms with Crippen molar-refractivity contribution in [2.45, 2.75) is 45.4 Å². The first-order chi connectivity index (χ1) is 17.1. The molecule has 0 aliphatic carbocycles. The van der Waals surface area contributed by atoms with E-state index < -0.39 is 0 Å². The maximum absolute atomic E-state index is 13.6. The topological polar surface area (TPSA) is 61.9 Å². The van der Waals surface area contributed by atoms with Gasteiger partial charge in [0.15, 0.2) is 0 Å². The zero-order chi connectivity index (χ0) is 24.5. The van der Waals surface area contributed by atoms with Crippen LogP contribution in [0.2, 0.25) is 0 Å². The second-order valence-corrected chi connectivity index (χ2v) is 9.84. The minimum Gasteiger partial charge on any atom is -0.376 e. The molecule has 0 unspecified atom stereocenters. The molecule has 1 aromatic heterocycles. The zero-order valence-corrected chi connectivity index (χ0v) is 21.0. The Hall–Kier alpha value is -3.16. The lowest BCUT2D eigenvalue weighted by atomic mass is 10.1. The third-order valence-electron chi connectivity index (χ3n) is 6.17. The van der Waals surface area contributed by atoms with Crippen LogP contribution in [0.3, 0.4) is 0 Å². The van der Waals surface area contributed by atoms with E-state index in [9.17, 15) is 9.59 Å². The maximum atomic E-state index is 13.6. The number of carbonyl (C=O) groups excluding carboxylic acids is 2. The van der Waals surface area contributed by atoms with E-state index in [1.54, 1.807) is 16.2 Å². The number of anilines is 1. The second-order valence-electron chi connectivity index (χ2n) is 8.81. The lowest BCUT2D eigenvalue weighted by Gasteiger charge is -2.29. The molecular weight excluding hydrogens is 458 g/mol. The minimum absolute atomic E-state index is 0.00303. The largest absolute Gasteiger partial charge is 0.376 e. The summed E-state index contributed by atoms with van der Waals surface area (Å²) >= 11 is 1.63. The SMILES string of the molecule is CCc1ccc(NC(=O)N(CC(=O)N(Cc2ccccc2)Cc2cccs2)C[C@@H]2CCCO2)cc1. The van der Waals surface area contributed by atoms with Crippen LogP contribution in [0.4, 0.5) is 10.5 Å². The van der Waals surface area contributed by atoms with Gasteiger partial charge in [-0.3, -0.25) is 4.79 Å². The fourth-order valence-electron chi connectivity index (χ4n) is 4.17. The van der Waals surface area contributed by atoms with Gasteiger partial charge in [0.05, 0.1) is 12.6 Å². The molecule has 0 spiro atoms. The highest BCUT2D eigenvalue weighted by Crippen LogP contribution is 2.18. The number of amides is 3. The number of hydrogen-bond donors (Lipinski definition) is 1. The van der Waals surface area contributed by atoms with Gasteiger partial charge < -0.3 is 19.9 Å². The van der Waals surface area contributed by atoms with Gasteiger partial charge >= 0.3 is 6.03 Å². The Balaban J connectivity index is 1.49. The highest BCUT2D eigenvalue weighted by Gasteiger charge is 2.27. The van der Waals surface area contributed by atoms with Gasteiger partial charge in [-0.25, -0.2) is 4.79 Å². The van der Waals surface area contributed by atoms with Gasteiger partial charge in [0.2, 0.25) is 5.91 Å². The zero-order valence-electron chi connectivity index (χ0n) is 20.2. The van der Waals surface area contributed by atoms with Gasteiger partial charge in [-0.05, 0) is 54.0 Å². The number of carbonyl (C=O) groups is 2. The summed E-state index contributed by atoms with van der Waals surface area (Å²) in [7, 11) is 0. The van der Waals surface area contributed by atoms with Crippen molar-refractivity contribution in [1.82, 2.24) is 9.80 Å². The van der Waals surface area contributed by atoms with Crippen molar-refractivity contribution in [1.29, 1.82) is 0 Å². The Kier molecular flexibility index (Phi) is 8.92. The number of hydrogen-bond acceptors (Lipinski definition) is 4. The molecule has 1 aliphatic rings. The van der Waals surface area contributed by atoms with Crippen LogP contribution in [0.25, 0.3) is 0 Å². The van der Waals surface area contributed by atoms with Crippen molar-refractivity contribution in [3.05, 3.63) is 88.1 Å². The molecule has 1 saturated heterocycles. The van der Waals surface area contributed by atoms with Gasteiger partial charge in [0.25, 0.3) is 0 Å². The van der Waals surface area contributed by atoms with Crippen molar-refractivity contribution < 1.29 is 14.3 Å². The summed E-state index contributed by atoms with van der Waals surface area (Å²) in [5, 5.41) is 4.98. The van der Waals surface area contributed by atoms with Crippen LogP contribution in [0.1, 0.15) is 35.8 Å². The van der Waals surface area contributed by atoms with Crippen LogP contribution in [0, 0.1) is 0 Å². The molecule has 0 radical (unpaired) electrons. The third-order valence-corrected chi connectivity index (χ3v) is 7.03. The van der Waals surface area contributed by atoms with Crippen molar-refractivity contribution in [2.24, 2.45) is 0 Å². The van der Waals surface area contributed by atoms with E-state index in [4.69, 9.17) is 4.74 Å². The first-order valence-corrected chi connectivity index (χ1v) is 13.1. The van der Waals surface area contributed by atoms with Gasteiger partial charge in [-0.2, -0.15) is 0 Å². The highest BCUT2D eigenvalue weighted by atomic mass is 32.1. The average Bonchev–Trinajstić information content (AvgIpc) is 3.59. The number of nitrogens with one attached hydrogen (secondary N) is 1. The molecule has 0 bridgehead atoms. The summed E-state index contributed by atoms with van der Waals surface area (Å²) in [6.07, 6.45) is 2.77. The van der Waals surface area contributed by atoms with Gasteiger partial charge in [-0.1, -0.05) is 55.5 Å². The second kappa shape index (κ2) is 12.5. The van der Waals surface area contributed by atoms with Crippen LogP contribution in [0.5, 0.6) is 0 Å². The van der Waals surface area contributed by atoms with E-state index in [1.807, 2.05) is 77.0 Å². The van der Waals surface area contributed by atoms with Crippen LogP contribution >= 0.6 is 11.3 Å². The fraction of sp³-hybridized carbons (Fsp3) is 0.357. The fourth-order valence-corrected chi connectivity index (χ4v) is 4.89. The molecule has 1 N–H and O–H groups in total. The van der Waals surface area contributed by atoms with Crippen molar-refractivity contribution in [3.8, 4) is 0 Å². The molecule has 4 rings (SSSR count). The van der Waals surface area contributed by atoms with E-state index in [-0.39, 0.29) is 24.6 Å². The Morgan fingerprint density at radius 3 is 2.43 bits per heavy atom. The first-order valence-electron chi connectivity index (χ1n) is 12.2. The Morgan fingerprint density at radius 1 is 0.971 bits per heavy atom. The summed E-state index contributed by atoms with van der Waals surface area (Å²) in [6.45, 7) is 4.19. The molecular formula is C28H33N3O3S. The molecule has 0 saturated carbocycles. The summed E-state index contributed by atoms with van der Waals surface area (Å²) in [5.74, 6) is -0.0864. The smallest absolute Gasteiger partial charge is 0.322 e. The molecule has 1 fully saturated rings. The minimum atomic E-state index is -0.283. The number of nitrogens with zero attached hydrogens (tertiary/aromatic N) is 2. The predicted molar refractivity (Wildman–Crippen MR) is 140 cm³/mol. The van der Waals surface area contributed by atoms with Gasteiger partial charge in [0, 0.05) is 30.3 Å². The number of aryl methyl sites for hydroxylation is 1. The molecule has 1 aliphatic heterocycles. The molecule has 184 valence electrons. The summed E-state index contributed by atoms with van der Waals surface area (Å²) < 4.78 is 5.79. The van der Waals surface area contributed by atoms with Crippen LogP contribution in [-0.2, 0) is 29.0 Å². The van der Waals surface area contributed by atoms with Crippen molar-refractivity contribution in [3.63, 3.8) is 0 Å². The van der Waals surface area contributed by atoms with Gasteiger partial charge in [-0.15, -0.1) is 11.3 Å². The first kappa shape index (κ1) is 24.9. The van der Waals surface area contributed by atoms with Crippen molar-refractivity contribution in [2.75, 3.05) is 25.0 Å². The Morgan fingerprint density at radius 2 is 1.77 bits per heavy atom. The summed E-state index contributed by atoms with van der Waals surface area (Å²) in [5.41, 5.74) is 2.99. The Bertz CT molecular complexity index is 1060. The molecule has 2 heterocycles. The molecule has 35 heavy (non-hydrogen) atoms. The molecule has 3 amide bonds. The third kappa shape index (κ3) is 7.41. The van der Waals surface area contributed by atoms with Crippen LogP contribution in [-0.4, -0.2) is 47.5 Å². The standard InChI is InChI=1S/C28H33N3O3S/c1-2-22-12-14-24(15-13-22)29-28(33)31(19-25-10-6-16-34-25)21-27(32)30(20-26-11-7-17-35-26)18-23-8-4-3-5-9-23/h3-5,7-9,11-15,17,25H,2,6,10,16,18-21H2,1H3,(H,29,33)/t25-/m0/s1. The lowest BCUT2D eigenvalue weighted by molar-refractivity contribution is -0.133. The van der Waals surface area contributed by atoms with E-state index in [0.717, 1.165) is 35.4 Å². The highest BCUT2D eigenvalue weighted by molar-refractivity contribution is 7.09. The van der Waals surface area contributed by atoms with E-state index in [1.165, 1.54) is 5.56 Å². The monoisotopic (exact) mass is 491 g/mol. The number of urea groups is 1. The van der Waals surface area contributed by atoms with Crippen molar-refractivity contribution >= 4 is 29.0 Å². The number of thiophene rings is 1. The van der Waals surface area contributed by atoms with E-state index >= 15 is 0 Å². The van der Waals surface area contributed by atoms with E-state index in [0.29, 0.717) is 26.2 Å². The molecule has 2 aromatic carbocycles. The number of benzene rings is 2.